The number of hydrogen-bond acceptors (Lipinski definition) is 7. The first-order chi connectivity index (χ1) is 11.8. The minimum absolute atomic E-state index is 0.296. The van der Waals surface area contributed by atoms with Crippen LogP contribution in [0.1, 0.15) is 17.5 Å². The topological polar surface area (TPSA) is 129 Å². The first-order valence-corrected chi connectivity index (χ1v) is 9.09. The number of benzene rings is 1. The fraction of sp³-hybridized carbons (Fsp3) is 0.333. The lowest BCUT2D eigenvalue weighted by atomic mass is 10.1. The summed E-state index contributed by atoms with van der Waals surface area (Å²) in [6, 6.07) is 5.54. The van der Waals surface area contributed by atoms with Gasteiger partial charge >= 0.3 is 10.1 Å². The Balaban J connectivity index is 2.19. The SMILES string of the molecule is COCc1cccc2c1OCCC(C(=O)NC(N)=NOS(C)(=O)=O)=C2. The zero-order chi connectivity index (χ0) is 18.4. The van der Waals surface area contributed by atoms with E-state index in [1.807, 2.05) is 18.2 Å². The molecule has 25 heavy (non-hydrogen) atoms. The first kappa shape index (κ1) is 18.7. The molecule has 136 valence electrons. The molecule has 0 unspecified atom stereocenters. The lowest BCUT2D eigenvalue weighted by Gasteiger charge is -2.11. The number of carbonyl (C=O) groups is 1. The zero-order valence-corrected chi connectivity index (χ0v) is 14.6. The van der Waals surface area contributed by atoms with E-state index in [-0.39, 0.29) is 0 Å². The Morgan fingerprint density at radius 3 is 2.88 bits per heavy atom. The molecular weight excluding hydrogens is 350 g/mol. The maximum absolute atomic E-state index is 12.3. The maximum Gasteiger partial charge on any atom is 0.325 e. The fourth-order valence-corrected chi connectivity index (χ4v) is 2.41. The van der Waals surface area contributed by atoms with E-state index in [0.717, 1.165) is 17.4 Å². The normalized spacial score (nSPS) is 14.6. The number of amides is 1. The van der Waals surface area contributed by atoms with Gasteiger partial charge in [0.05, 0.1) is 19.5 Å². The second kappa shape index (κ2) is 7.99. The fourth-order valence-electron chi connectivity index (χ4n) is 2.19. The molecule has 10 heteroatoms. The van der Waals surface area contributed by atoms with Gasteiger partial charge in [0.15, 0.2) is 0 Å². The Hall–Kier alpha value is -2.59. The summed E-state index contributed by atoms with van der Waals surface area (Å²) >= 11 is 0. The van der Waals surface area contributed by atoms with Crippen LogP contribution in [0.2, 0.25) is 0 Å². The molecule has 1 amide bonds. The molecule has 0 spiro atoms. The summed E-state index contributed by atoms with van der Waals surface area (Å²) in [5.74, 6) is -0.323. The number of nitrogens with two attached hydrogens (primary N) is 1. The summed E-state index contributed by atoms with van der Waals surface area (Å²) in [7, 11) is -2.21. The van der Waals surface area contributed by atoms with Crippen LogP contribution in [0.3, 0.4) is 0 Å². The van der Waals surface area contributed by atoms with E-state index in [0.29, 0.717) is 31.0 Å². The molecule has 1 aliphatic rings. The molecule has 1 aliphatic heterocycles. The van der Waals surface area contributed by atoms with Gasteiger partial charge < -0.3 is 15.2 Å². The lowest BCUT2D eigenvalue weighted by Crippen LogP contribution is -2.38. The number of oxime groups is 1. The molecule has 9 nitrogen and oxygen atoms in total. The van der Waals surface area contributed by atoms with Gasteiger partial charge in [0.2, 0.25) is 5.96 Å². The van der Waals surface area contributed by atoms with Gasteiger partial charge in [0, 0.05) is 30.2 Å². The van der Waals surface area contributed by atoms with Crippen LogP contribution in [-0.2, 0) is 30.5 Å². The molecule has 0 saturated carbocycles. The Bertz CT molecular complexity index is 817. The number of ether oxygens (including phenoxy) is 2. The summed E-state index contributed by atoms with van der Waals surface area (Å²) < 4.78 is 36.7. The predicted octanol–water partition coefficient (Wildman–Crippen LogP) is 0.321. The highest BCUT2D eigenvalue weighted by Crippen LogP contribution is 2.30. The van der Waals surface area contributed by atoms with Crippen LogP contribution in [0.5, 0.6) is 5.75 Å². The van der Waals surface area contributed by atoms with Gasteiger partial charge in [-0.05, 0) is 11.2 Å². The van der Waals surface area contributed by atoms with Crippen molar-refractivity contribution in [3.05, 3.63) is 34.9 Å². The second-order valence-corrected chi connectivity index (χ2v) is 6.80. The monoisotopic (exact) mass is 369 g/mol. The van der Waals surface area contributed by atoms with E-state index in [1.165, 1.54) is 0 Å². The van der Waals surface area contributed by atoms with Gasteiger partial charge in [0.1, 0.15) is 5.75 Å². The first-order valence-electron chi connectivity index (χ1n) is 7.28. The van der Waals surface area contributed by atoms with E-state index in [4.69, 9.17) is 15.2 Å². The third kappa shape index (κ3) is 5.47. The smallest absolute Gasteiger partial charge is 0.325 e. The molecule has 0 fully saturated rings. The van der Waals surface area contributed by atoms with Crippen molar-refractivity contribution in [2.75, 3.05) is 20.0 Å². The number of rotatable bonds is 5. The highest BCUT2D eigenvalue weighted by molar-refractivity contribution is 7.85. The maximum atomic E-state index is 12.3. The van der Waals surface area contributed by atoms with Crippen molar-refractivity contribution in [3.63, 3.8) is 0 Å². The lowest BCUT2D eigenvalue weighted by molar-refractivity contribution is -0.116. The highest BCUT2D eigenvalue weighted by Gasteiger charge is 2.18. The van der Waals surface area contributed by atoms with Crippen molar-refractivity contribution in [2.45, 2.75) is 13.0 Å². The van der Waals surface area contributed by atoms with E-state index < -0.39 is 22.0 Å². The average molecular weight is 369 g/mol. The van der Waals surface area contributed by atoms with E-state index >= 15 is 0 Å². The Kier molecular flexibility index (Phi) is 5.99. The van der Waals surface area contributed by atoms with Crippen molar-refractivity contribution in [1.29, 1.82) is 0 Å². The number of nitrogens with one attached hydrogen (secondary N) is 1. The van der Waals surface area contributed by atoms with Crippen LogP contribution in [-0.4, -0.2) is 40.3 Å². The molecule has 2 rings (SSSR count). The molecule has 0 bridgehead atoms. The highest BCUT2D eigenvalue weighted by atomic mass is 32.2. The second-order valence-electron chi connectivity index (χ2n) is 5.25. The van der Waals surface area contributed by atoms with E-state index in [2.05, 4.69) is 14.8 Å². The molecule has 0 aliphatic carbocycles. The predicted molar refractivity (Wildman–Crippen MR) is 90.9 cm³/mol. The molecule has 0 atom stereocenters. The summed E-state index contributed by atoms with van der Waals surface area (Å²) in [4.78, 5) is 12.3. The molecule has 3 N–H and O–H groups in total. The van der Waals surface area contributed by atoms with Gasteiger partial charge in [-0.3, -0.25) is 14.4 Å². The van der Waals surface area contributed by atoms with E-state index in [9.17, 15) is 13.2 Å². The van der Waals surface area contributed by atoms with Crippen LogP contribution in [0.25, 0.3) is 6.08 Å². The summed E-state index contributed by atoms with van der Waals surface area (Å²) in [5.41, 5.74) is 7.46. The van der Waals surface area contributed by atoms with Gasteiger partial charge in [-0.2, -0.15) is 8.42 Å². The Morgan fingerprint density at radius 1 is 1.44 bits per heavy atom. The number of guanidine groups is 1. The quantitative estimate of drug-likeness (QED) is 0.434. The molecule has 1 aromatic carbocycles. The van der Waals surface area contributed by atoms with Crippen LogP contribution in [0, 0.1) is 0 Å². The van der Waals surface area contributed by atoms with Crippen LogP contribution in [0.15, 0.2) is 28.9 Å². The Morgan fingerprint density at radius 2 is 2.20 bits per heavy atom. The average Bonchev–Trinajstić information content (AvgIpc) is 2.76. The van der Waals surface area contributed by atoms with E-state index in [1.54, 1.807) is 13.2 Å². The standard InChI is InChI=1S/C15H19N3O6S/c1-22-9-12-5-3-4-10-8-11(6-7-23-13(10)12)14(19)17-15(16)18-24-25(2,20)21/h3-5,8H,6-7,9H2,1-2H3,(H3,16,17,18,19). The summed E-state index contributed by atoms with van der Waals surface area (Å²) in [5, 5.41) is 5.41. The summed E-state index contributed by atoms with van der Waals surface area (Å²) in [6.45, 7) is 0.685. The molecule has 0 radical (unpaired) electrons. The number of hydrogen-bond donors (Lipinski definition) is 2. The zero-order valence-electron chi connectivity index (χ0n) is 13.8. The minimum Gasteiger partial charge on any atom is -0.492 e. The molecule has 1 heterocycles. The third-order valence-electron chi connectivity index (χ3n) is 3.18. The van der Waals surface area contributed by atoms with Crippen molar-refractivity contribution in [3.8, 4) is 5.75 Å². The summed E-state index contributed by atoms with van der Waals surface area (Å²) in [6.07, 6.45) is 2.83. The number of methoxy groups -OCH3 is 1. The van der Waals surface area contributed by atoms with Crippen molar-refractivity contribution >= 4 is 28.1 Å². The van der Waals surface area contributed by atoms with Crippen LogP contribution >= 0.6 is 0 Å². The van der Waals surface area contributed by atoms with Gasteiger partial charge in [-0.1, -0.05) is 18.2 Å². The van der Waals surface area contributed by atoms with Gasteiger partial charge in [-0.25, -0.2) is 0 Å². The largest absolute Gasteiger partial charge is 0.492 e. The number of para-hydroxylation sites is 1. The van der Waals surface area contributed by atoms with Crippen LogP contribution in [0.4, 0.5) is 0 Å². The number of nitrogens with zero attached hydrogens (tertiary/aromatic N) is 1. The molecule has 0 aromatic heterocycles. The number of fused-ring (bicyclic) bond motifs is 1. The van der Waals surface area contributed by atoms with Gasteiger partial charge in [-0.15, -0.1) is 0 Å². The van der Waals surface area contributed by atoms with Crippen LogP contribution < -0.4 is 15.8 Å². The molecule has 1 aromatic rings. The van der Waals surface area contributed by atoms with Gasteiger partial charge in [0.25, 0.3) is 5.91 Å². The van der Waals surface area contributed by atoms with Crippen molar-refractivity contribution in [2.24, 2.45) is 10.9 Å². The molecule has 0 saturated heterocycles. The van der Waals surface area contributed by atoms with Crippen molar-refractivity contribution in [1.82, 2.24) is 5.32 Å². The van der Waals surface area contributed by atoms with Crippen molar-refractivity contribution < 1.29 is 27.0 Å². The minimum atomic E-state index is -3.80. The molecular formula is C15H19N3O6S. The third-order valence-corrected chi connectivity index (χ3v) is 3.52. The Labute approximate surface area is 145 Å². The number of carbonyl (C=O) groups excluding carboxylic acids is 1.